The predicted octanol–water partition coefficient (Wildman–Crippen LogP) is 6.42. The van der Waals surface area contributed by atoms with Crippen LogP contribution in [0.15, 0.2) is 60.7 Å². The van der Waals surface area contributed by atoms with Crippen LogP contribution in [0.25, 0.3) is 10.8 Å². The molecule has 0 aromatic heterocycles. The molecule has 3 aromatic carbocycles. The topological polar surface area (TPSA) is 21.3 Å². The van der Waals surface area contributed by atoms with Crippen molar-refractivity contribution in [1.82, 2.24) is 5.32 Å². The number of benzene rings is 3. The summed E-state index contributed by atoms with van der Waals surface area (Å²) in [6.45, 7) is 0.841. The molecular formula is C24H24ClNO. The third kappa shape index (κ3) is 3.22. The number of rotatable bonds is 3. The molecule has 3 heteroatoms. The zero-order chi connectivity index (χ0) is 18.3. The summed E-state index contributed by atoms with van der Waals surface area (Å²) in [5, 5.41) is 7.21. The maximum Gasteiger partial charge on any atom is 0.125 e. The number of hydrogen-bond donors (Lipinski definition) is 1. The standard InChI is InChI=1S/C24H24ClNO/c25-19-10-11-23-21(14-19)22(15-24(27-23)12-3-4-13-24)26-16-18-8-5-7-17-6-1-2-9-20(17)18/h1-2,5-11,14,22,26H,3-4,12-13,15-16H2/t22-/m0/s1. The van der Waals surface area contributed by atoms with E-state index in [0.29, 0.717) is 0 Å². The highest BCUT2D eigenvalue weighted by Gasteiger charge is 2.42. The molecule has 1 fully saturated rings. The molecule has 1 aliphatic carbocycles. The van der Waals surface area contributed by atoms with Gasteiger partial charge in [-0.1, -0.05) is 54.1 Å². The van der Waals surface area contributed by atoms with Crippen molar-refractivity contribution in [3.63, 3.8) is 0 Å². The summed E-state index contributed by atoms with van der Waals surface area (Å²) in [5.74, 6) is 1.00. The largest absolute Gasteiger partial charge is 0.487 e. The first-order valence-electron chi connectivity index (χ1n) is 9.91. The van der Waals surface area contributed by atoms with Crippen molar-refractivity contribution >= 4 is 22.4 Å². The highest BCUT2D eigenvalue weighted by molar-refractivity contribution is 6.30. The van der Waals surface area contributed by atoms with Crippen LogP contribution in [0.1, 0.15) is 49.3 Å². The van der Waals surface area contributed by atoms with Crippen molar-refractivity contribution in [1.29, 1.82) is 0 Å². The molecule has 0 amide bonds. The van der Waals surface area contributed by atoms with Crippen LogP contribution in [-0.4, -0.2) is 5.60 Å². The van der Waals surface area contributed by atoms with Crippen molar-refractivity contribution in [2.45, 2.75) is 50.3 Å². The van der Waals surface area contributed by atoms with E-state index in [1.54, 1.807) is 0 Å². The van der Waals surface area contributed by atoms with Gasteiger partial charge in [-0.3, -0.25) is 0 Å². The molecule has 27 heavy (non-hydrogen) atoms. The van der Waals surface area contributed by atoms with Crippen LogP contribution in [0.2, 0.25) is 5.02 Å². The molecule has 3 aromatic rings. The molecule has 0 saturated heterocycles. The fraction of sp³-hybridized carbons (Fsp3) is 0.333. The molecule has 1 heterocycles. The van der Waals surface area contributed by atoms with Crippen molar-refractivity contribution < 1.29 is 4.74 Å². The Bertz CT molecular complexity index is 972. The summed E-state index contributed by atoms with van der Waals surface area (Å²) < 4.78 is 6.49. The van der Waals surface area contributed by atoms with Gasteiger partial charge in [0.15, 0.2) is 0 Å². The van der Waals surface area contributed by atoms with Crippen LogP contribution in [0.5, 0.6) is 5.75 Å². The first-order chi connectivity index (χ1) is 13.2. The van der Waals surface area contributed by atoms with Gasteiger partial charge >= 0.3 is 0 Å². The fourth-order valence-corrected chi connectivity index (χ4v) is 5.01. The maximum atomic E-state index is 6.49. The number of ether oxygens (including phenoxy) is 1. The number of halogens is 1. The van der Waals surface area contributed by atoms with Crippen LogP contribution in [0, 0.1) is 0 Å². The molecule has 1 atom stereocenters. The summed E-state index contributed by atoms with van der Waals surface area (Å²) in [6, 6.07) is 21.5. The van der Waals surface area contributed by atoms with Gasteiger partial charge in [-0.25, -0.2) is 0 Å². The van der Waals surface area contributed by atoms with Gasteiger partial charge in [-0.2, -0.15) is 0 Å². The van der Waals surface area contributed by atoms with Gasteiger partial charge in [0.05, 0.1) is 0 Å². The van der Waals surface area contributed by atoms with Crippen LogP contribution in [0.4, 0.5) is 0 Å². The summed E-state index contributed by atoms with van der Waals surface area (Å²) in [6.07, 6.45) is 5.85. The lowest BCUT2D eigenvalue weighted by Crippen LogP contribution is -2.42. The highest BCUT2D eigenvalue weighted by Crippen LogP contribution is 2.47. The second kappa shape index (κ2) is 6.85. The summed E-state index contributed by atoms with van der Waals surface area (Å²) in [7, 11) is 0. The zero-order valence-electron chi connectivity index (χ0n) is 15.4. The lowest BCUT2D eigenvalue weighted by atomic mass is 9.85. The molecule has 1 spiro atoms. The lowest BCUT2D eigenvalue weighted by molar-refractivity contribution is 0.0365. The molecule has 2 nitrogen and oxygen atoms in total. The van der Waals surface area contributed by atoms with Crippen LogP contribution < -0.4 is 10.1 Å². The Morgan fingerprint density at radius 3 is 2.70 bits per heavy atom. The predicted molar refractivity (Wildman–Crippen MR) is 111 cm³/mol. The van der Waals surface area contributed by atoms with E-state index in [2.05, 4.69) is 53.8 Å². The van der Waals surface area contributed by atoms with E-state index in [0.717, 1.165) is 36.6 Å². The second-order valence-electron chi connectivity index (χ2n) is 7.95. The molecule has 1 saturated carbocycles. The Kier molecular flexibility index (Phi) is 4.34. The van der Waals surface area contributed by atoms with E-state index in [-0.39, 0.29) is 11.6 Å². The lowest BCUT2D eigenvalue weighted by Gasteiger charge is -2.40. The Labute approximate surface area is 165 Å². The van der Waals surface area contributed by atoms with Gasteiger partial charge in [0.2, 0.25) is 0 Å². The minimum absolute atomic E-state index is 0.00273. The molecule has 0 unspecified atom stereocenters. The van der Waals surface area contributed by atoms with Crippen molar-refractivity contribution in [3.05, 3.63) is 76.8 Å². The van der Waals surface area contributed by atoms with Gasteiger partial charge in [-0.05, 0) is 60.2 Å². The van der Waals surface area contributed by atoms with E-state index in [4.69, 9.17) is 16.3 Å². The van der Waals surface area contributed by atoms with Crippen LogP contribution in [-0.2, 0) is 6.54 Å². The smallest absolute Gasteiger partial charge is 0.125 e. The number of hydrogen-bond acceptors (Lipinski definition) is 2. The Hall–Kier alpha value is -2.03. The van der Waals surface area contributed by atoms with Gasteiger partial charge in [-0.15, -0.1) is 0 Å². The molecular weight excluding hydrogens is 354 g/mol. The molecule has 1 aliphatic heterocycles. The average Bonchev–Trinajstić information content (AvgIpc) is 3.14. The van der Waals surface area contributed by atoms with Crippen molar-refractivity contribution in [3.8, 4) is 5.75 Å². The van der Waals surface area contributed by atoms with Gasteiger partial charge < -0.3 is 10.1 Å². The highest BCUT2D eigenvalue weighted by atomic mass is 35.5. The first kappa shape index (κ1) is 17.1. The van der Waals surface area contributed by atoms with Crippen LogP contribution in [0.3, 0.4) is 0 Å². The van der Waals surface area contributed by atoms with E-state index in [9.17, 15) is 0 Å². The third-order valence-corrected chi connectivity index (χ3v) is 6.42. The molecule has 138 valence electrons. The van der Waals surface area contributed by atoms with Gasteiger partial charge in [0.1, 0.15) is 11.4 Å². The summed E-state index contributed by atoms with van der Waals surface area (Å²) >= 11 is 6.31. The van der Waals surface area contributed by atoms with E-state index < -0.39 is 0 Å². The Morgan fingerprint density at radius 2 is 1.81 bits per heavy atom. The average molecular weight is 378 g/mol. The second-order valence-corrected chi connectivity index (χ2v) is 8.39. The molecule has 1 N–H and O–H groups in total. The third-order valence-electron chi connectivity index (χ3n) is 6.18. The summed E-state index contributed by atoms with van der Waals surface area (Å²) in [4.78, 5) is 0. The molecule has 5 rings (SSSR count). The normalized spacial score (nSPS) is 20.6. The van der Waals surface area contributed by atoms with E-state index in [1.165, 1.54) is 34.7 Å². The minimum atomic E-state index is -0.00273. The Balaban J connectivity index is 1.45. The van der Waals surface area contributed by atoms with Gasteiger partial charge in [0.25, 0.3) is 0 Å². The van der Waals surface area contributed by atoms with Crippen molar-refractivity contribution in [2.75, 3.05) is 0 Å². The number of nitrogens with one attached hydrogen (secondary N) is 1. The van der Waals surface area contributed by atoms with Gasteiger partial charge in [0, 0.05) is 29.6 Å². The maximum absolute atomic E-state index is 6.49. The quantitative estimate of drug-likeness (QED) is 0.568. The molecule has 0 bridgehead atoms. The zero-order valence-corrected chi connectivity index (χ0v) is 16.1. The minimum Gasteiger partial charge on any atom is -0.487 e. The van der Waals surface area contributed by atoms with E-state index in [1.807, 2.05) is 12.1 Å². The fourth-order valence-electron chi connectivity index (χ4n) is 4.83. The SMILES string of the molecule is Clc1ccc2c(c1)[C@@H](NCc1cccc3ccccc13)CC1(CCCC1)O2. The monoisotopic (exact) mass is 377 g/mol. The molecule has 2 aliphatic rings. The van der Waals surface area contributed by atoms with E-state index >= 15 is 0 Å². The Morgan fingerprint density at radius 1 is 1.00 bits per heavy atom. The number of fused-ring (bicyclic) bond motifs is 2. The first-order valence-corrected chi connectivity index (χ1v) is 10.3. The van der Waals surface area contributed by atoms with Crippen LogP contribution >= 0.6 is 11.6 Å². The molecule has 0 radical (unpaired) electrons. The van der Waals surface area contributed by atoms with Crippen molar-refractivity contribution in [2.24, 2.45) is 0 Å². The summed E-state index contributed by atoms with van der Waals surface area (Å²) in [5.41, 5.74) is 2.53.